The molecule has 0 aliphatic heterocycles. The molecule has 0 bridgehead atoms. The Hall–Kier alpha value is -0.730. The van der Waals surface area contributed by atoms with E-state index in [0.29, 0.717) is 6.54 Å². The summed E-state index contributed by atoms with van der Waals surface area (Å²) in [5, 5.41) is 0. The van der Waals surface area contributed by atoms with Crippen LogP contribution >= 0.6 is 38.5 Å². The molecule has 0 spiro atoms. The Morgan fingerprint density at radius 3 is 2.29 bits per heavy atom. The lowest BCUT2D eigenvalue weighted by Crippen LogP contribution is -2.25. The molecule has 0 aromatic heterocycles. The van der Waals surface area contributed by atoms with Crippen molar-refractivity contribution in [1.82, 2.24) is 4.90 Å². The molecule has 6 heteroatoms. The largest absolute Gasteiger partial charge is 0.339 e. The molecule has 2 aromatic rings. The fraction of sp³-hybridized carbons (Fsp3) is 0.333. The maximum atomic E-state index is 14.5. The first-order chi connectivity index (χ1) is 11.3. The molecular weight excluding hydrogens is 489 g/mol. The molecule has 24 heavy (non-hydrogen) atoms. The van der Waals surface area contributed by atoms with Gasteiger partial charge in [-0.1, -0.05) is 0 Å². The predicted octanol–water partition coefficient (Wildman–Crippen LogP) is 5.73. The zero-order valence-corrected chi connectivity index (χ0v) is 17.7. The van der Waals surface area contributed by atoms with Crippen molar-refractivity contribution in [3.05, 3.63) is 55.6 Å². The summed E-state index contributed by atoms with van der Waals surface area (Å²) in [4.78, 5) is 3.94. The van der Waals surface area contributed by atoms with Gasteiger partial charge in [-0.05, 0) is 108 Å². The Morgan fingerprint density at radius 1 is 1.00 bits per heavy atom. The van der Waals surface area contributed by atoms with Crippen LogP contribution < -0.4 is 4.90 Å². The second kappa shape index (κ2) is 8.58. The van der Waals surface area contributed by atoms with Gasteiger partial charge in [0, 0.05) is 15.8 Å². The Balaban J connectivity index is 2.45. The van der Waals surface area contributed by atoms with Crippen LogP contribution in [0.2, 0.25) is 0 Å². The fourth-order valence-corrected chi connectivity index (χ4v) is 3.51. The van der Waals surface area contributed by atoms with E-state index >= 15 is 0 Å². The molecule has 0 atom stereocenters. The molecular formula is C18H20BrF2IN2. The highest BCUT2D eigenvalue weighted by molar-refractivity contribution is 14.1. The molecule has 2 aromatic carbocycles. The molecule has 0 aliphatic carbocycles. The maximum Gasteiger partial charge on any atom is 0.183 e. The minimum Gasteiger partial charge on any atom is -0.339 e. The first kappa shape index (κ1) is 19.6. The second-order valence-corrected chi connectivity index (χ2v) is 8.03. The van der Waals surface area contributed by atoms with E-state index in [0.717, 1.165) is 27.8 Å². The molecule has 2 nitrogen and oxygen atoms in total. The molecule has 0 N–H and O–H groups in total. The third-order valence-electron chi connectivity index (χ3n) is 3.74. The van der Waals surface area contributed by atoms with Crippen LogP contribution in [0.1, 0.15) is 12.0 Å². The molecule has 0 saturated carbocycles. The third-order valence-corrected chi connectivity index (χ3v) is 5.03. The SMILES string of the molecule is Cc1cc(I)ccc1N(CCCN(C)C)c1ccc(Br)c(F)c1F. The topological polar surface area (TPSA) is 6.48 Å². The van der Waals surface area contributed by atoms with Crippen molar-refractivity contribution in [2.45, 2.75) is 13.3 Å². The minimum absolute atomic E-state index is 0.135. The van der Waals surface area contributed by atoms with Gasteiger partial charge in [0.25, 0.3) is 0 Å². The number of aryl methyl sites for hydroxylation is 1. The fourth-order valence-electron chi connectivity index (χ4n) is 2.56. The minimum atomic E-state index is -0.853. The van der Waals surface area contributed by atoms with Gasteiger partial charge >= 0.3 is 0 Å². The van der Waals surface area contributed by atoms with Gasteiger partial charge in [-0.2, -0.15) is 0 Å². The van der Waals surface area contributed by atoms with E-state index in [-0.39, 0.29) is 10.2 Å². The van der Waals surface area contributed by atoms with Gasteiger partial charge in [-0.15, -0.1) is 0 Å². The van der Waals surface area contributed by atoms with E-state index in [9.17, 15) is 8.78 Å². The zero-order chi connectivity index (χ0) is 17.9. The first-order valence-corrected chi connectivity index (χ1v) is 9.50. The van der Waals surface area contributed by atoms with Crippen LogP contribution in [0.15, 0.2) is 34.8 Å². The van der Waals surface area contributed by atoms with Gasteiger partial charge in [0.2, 0.25) is 0 Å². The Morgan fingerprint density at radius 2 is 1.67 bits per heavy atom. The van der Waals surface area contributed by atoms with Crippen molar-refractivity contribution in [3.8, 4) is 0 Å². The number of benzene rings is 2. The normalized spacial score (nSPS) is 11.2. The van der Waals surface area contributed by atoms with E-state index < -0.39 is 11.6 Å². The molecule has 130 valence electrons. The van der Waals surface area contributed by atoms with Gasteiger partial charge in [0.05, 0.1) is 10.2 Å². The van der Waals surface area contributed by atoms with Gasteiger partial charge < -0.3 is 9.80 Å². The quantitative estimate of drug-likeness (QED) is 0.363. The van der Waals surface area contributed by atoms with Crippen LogP contribution in [0.25, 0.3) is 0 Å². The lowest BCUT2D eigenvalue weighted by Gasteiger charge is -2.28. The highest BCUT2D eigenvalue weighted by Gasteiger charge is 2.20. The molecule has 0 saturated heterocycles. The second-order valence-electron chi connectivity index (χ2n) is 5.93. The Bertz CT molecular complexity index is 722. The molecule has 2 rings (SSSR count). The van der Waals surface area contributed by atoms with Crippen molar-refractivity contribution in [3.63, 3.8) is 0 Å². The average Bonchev–Trinajstić information content (AvgIpc) is 2.51. The van der Waals surface area contributed by atoms with Gasteiger partial charge in [0.1, 0.15) is 0 Å². The summed E-state index contributed by atoms with van der Waals surface area (Å²) < 4.78 is 29.8. The van der Waals surface area contributed by atoms with Crippen molar-refractivity contribution in [1.29, 1.82) is 0 Å². The zero-order valence-electron chi connectivity index (χ0n) is 13.9. The number of hydrogen-bond donors (Lipinski definition) is 0. The standard InChI is InChI=1S/C18H20BrF2IN2/c1-12-11-13(22)5-7-15(12)24(10-4-9-23(2)3)16-8-6-14(19)17(20)18(16)21/h5-8,11H,4,9-10H2,1-3H3. The molecule has 0 amide bonds. The number of hydrogen-bond acceptors (Lipinski definition) is 2. The van der Waals surface area contributed by atoms with E-state index in [4.69, 9.17) is 0 Å². The highest BCUT2D eigenvalue weighted by Crippen LogP contribution is 2.34. The number of nitrogens with zero attached hydrogens (tertiary/aromatic N) is 2. The highest BCUT2D eigenvalue weighted by atomic mass is 127. The maximum absolute atomic E-state index is 14.5. The summed E-state index contributed by atoms with van der Waals surface area (Å²) in [6.45, 7) is 3.47. The van der Waals surface area contributed by atoms with E-state index in [1.54, 1.807) is 12.1 Å². The van der Waals surface area contributed by atoms with Crippen LogP contribution in [-0.4, -0.2) is 32.1 Å². The summed E-state index contributed by atoms with van der Waals surface area (Å²) in [7, 11) is 4.00. The number of anilines is 2. The summed E-state index contributed by atoms with van der Waals surface area (Å²) >= 11 is 5.29. The Labute approximate surface area is 164 Å². The van der Waals surface area contributed by atoms with Crippen molar-refractivity contribution in [2.75, 3.05) is 32.1 Å². The smallest absolute Gasteiger partial charge is 0.183 e. The molecule has 0 radical (unpaired) electrons. The van der Waals surface area contributed by atoms with Crippen LogP contribution in [0.3, 0.4) is 0 Å². The van der Waals surface area contributed by atoms with Crippen molar-refractivity contribution in [2.24, 2.45) is 0 Å². The van der Waals surface area contributed by atoms with Gasteiger partial charge in [-0.25, -0.2) is 8.78 Å². The van der Waals surface area contributed by atoms with E-state index in [1.807, 2.05) is 44.1 Å². The first-order valence-electron chi connectivity index (χ1n) is 7.63. The van der Waals surface area contributed by atoms with Crippen LogP contribution in [-0.2, 0) is 0 Å². The molecule has 0 heterocycles. The van der Waals surface area contributed by atoms with Gasteiger partial charge in [-0.3, -0.25) is 0 Å². The predicted molar refractivity (Wildman–Crippen MR) is 108 cm³/mol. The summed E-state index contributed by atoms with van der Waals surface area (Å²) in [5.74, 6) is -1.68. The number of rotatable bonds is 6. The molecule has 0 fully saturated rings. The van der Waals surface area contributed by atoms with E-state index in [2.05, 4.69) is 43.4 Å². The number of halogens is 4. The average molecular weight is 509 g/mol. The van der Waals surface area contributed by atoms with Crippen LogP contribution in [0.5, 0.6) is 0 Å². The summed E-state index contributed by atoms with van der Waals surface area (Å²) in [6, 6.07) is 9.16. The molecule has 0 aliphatic rings. The third kappa shape index (κ3) is 4.67. The van der Waals surface area contributed by atoms with Gasteiger partial charge in [0.15, 0.2) is 11.6 Å². The monoisotopic (exact) mass is 508 g/mol. The molecule has 0 unspecified atom stereocenters. The summed E-state index contributed by atoms with van der Waals surface area (Å²) in [6.07, 6.45) is 0.843. The Kier molecular flexibility index (Phi) is 7.00. The lowest BCUT2D eigenvalue weighted by molar-refractivity contribution is 0.402. The van der Waals surface area contributed by atoms with Crippen molar-refractivity contribution >= 4 is 49.9 Å². The summed E-state index contributed by atoms with van der Waals surface area (Å²) in [5.41, 5.74) is 2.20. The van der Waals surface area contributed by atoms with Crippen LogP contribution in [0, 0.1) is 22.1 Å². The van der Waals surface area contributed by atoms with E-state index in [1.165, 1.54) is 0 Å². The van der Waals surface area contributed by atoms with Crippen molar-refractivity contribution < 1.29 is 8.78 Å². The van der Waals surface area contributed by atoms with Crippen LogP contribution in [0.4, 0.5) is 20.2 Å². The lowest BCUT2D eigenvalue weighted by atomic mass is 10.1.